The predicted octanol–water partition coefficient (Wildman–Crippen LogP) is 5.32. The molecule has 3 aromatic carbocycles. The van der Waals surface area contributed by atoms with Gasteiger partial charge in [0.15, 0.2) is 11.0 Å². The van der Waals surface area contributed by atoms with Crippen molar-refractivity contribution in [1.29, 1.82) is 0 Å². The van der Waals surface area contributed by atoms with Crippen LogP contribution in [0.1, 0.15) is 17.8 Å². The largest absolute Gasteiger partial charge is 0.495 e. The minimum absolute atomic E-state index is 0.0260. The highest BCUT2D eigenvalue weighted by molar-refractivity contribution is 7.99. The van der Waals surface area contributed by atoms with Gasteiger partial charge in [-0.05, 0) is 48.9 Å². The molecule has 7 nitrogen and oxygen atoms in total. The van der Waals surface area contributed by atoms with Gasteiger partial charge in [-0.15, -0.1) is 10.2 Å². The number of hydrogen-bond acceptors (Lipinski definition) is 6. The maximum Gasteiger partial charge on any atom is 0.225 e. The number of thioether (sulfide) groups is 1. The number of aromatic nitrogens is 3. The second kappa shape index (κ2) is 11.4. The highest BCUT2D eigenvalue weighted by atomic mass is 32.2. The molecule has 0 unspecified atom stereocenters. The number of ether oxygens (including phenoxy) is 1. The van der Waals surface area contributed by atoms with E-state index in [2.05, 4.69) is 20.8 Å². The van der Waals surface area contributed by atoms with Gasteiger partial charge >= 0.3 is 0 Å². The summed E-state index contributed by atoms with van der Waals surface area (Å²) in [6.45, 7) is 2.47. The van der Waals surface area contributed by atoms with E-state index in [9.17, 15) is 4.79 Å². The number of methoxy groups -OCH3 is 1. The lowest BCUT2D eigenvalue weighted by molar-refractivity contribution is -0.115. The Morgan fingerprint density at radius 3 is 2.59 bits per heavy atom. The van der Waals surface area contributed by atoms with Gasteiger partial charge in [-0.25, -0.2) is 0 Å². The Bertz CT molecular complexity index is 1240. The van der Waals surface area contributed by atoms with Crippen LogP contribution in [0.25, 0.3) is 5.69 Å². The lowest BCUT2D eigenvalue weighted by Crippen LogP contribution is -2.12. The Morgan fingerprint density at radius 1 is 1.00 bits per heavy atom. The Labute approximate surface area is 203 Å². The van der Waals surface area contributed by atoms with Crippen LogP contribution in [0.15, 0.2) is 84.0 Å². The monoisotopic (exact) mass is 473 g/mol. The van der Waals surface area contributed by atoms with E-state index in [1.54, 1.807) is 7.11 Å². The average Bonchev–Trinajstić information content (AvgIpc) is 3.26. The van der Waals surface area contributed by atoms with Crippen molar-refractivity contribution in [3.05, 3.63) is 90.3 Å². The van der Waals surface area contributed by atoms with Crippen LogP contribution >= 0.6 is 11.8 Å². The van der Waals surface area contributed by atoms with Crippen LogP contribution in [0.5, 0.6) is 5.75 Å². The minimum Gasteiger partial charge on any atom is -0.495 e. The number of anilines is 2. The molecular weight excluding hydrogens is 446 g/mol. The number of nitrogens with zero attached hydrogens (tertiary/aromatic N) is 3. The number of carbonyl (C=O) groups excluding carboxylic acids is 1. The van der Waals surface area contributed by atoms with Crippen molar-refractivity contribution in [2.75, 3.05) is 23.5 Å². The molecule has 0 aliphatic rings. The quantitative estimate of drug-likeness (QED) is 0.304. The number of para-hydroxylation sites is 3. The number of benzene rings is 3. The molecule has 2 N–H and O–H groups in total. The van der Waals surface area contributed by atoms with Gasteiger partial charge in [0.1, 0.15) is 5.75 Å². The molecule has 0 saturated carbocycles. The Kier molecular flexibility index (Phi) is 7.83. The van der Waals surface area contributed by atoms with Crippen LogP contribution in [-0.2, 0) is 11.3 Å². The summed E-state index contributed by atoms with van der Waals surface area (Å²) in [6, 6.07) is 25.5. The summed E-state index contributed by atoms with van der Waals surface area (Å²) in [4.78, 5) is 12.4. The fraction of sp³-hybridized carbons (Fsp3) is 0.192. The van der Waals surface area contributed by atoms with Gasteiger partial charge < -0.3 is 15.4 Å². The van der Waals surface area contributed by atoms with Crippen LogP contribution in [0.2, 0.25) is 0 Å². The molecule has 4 rings (SSSR count). The number of amides is 1. The molecule has 0 aliphatic carbocycles. The van der Waals surface area contributed by atoms with Gasteiger partial charge in [0.05, 0.1) is 19.3 Å². The summed E-state index contributed by atoms with van der Waals surface area (Å²) in [7, 11) is 1.65. The molecule has 0 aliphatic heterocycles. The molecule has 0 spiro atoms. The summed E-state index contributed by atoms with van der Waals surface area (Å²) in [5.41, 5.74) is 3.77. The Hall–Kier alpha value is -3.78. The van der Waals surface area contributed by atoms with Crippen LogP contribution in [0.3, 0.4) is 0 Å². The highest BCUT2D eigenvalue weighted by Crippen LogP contribution is 2.26. The molecular formula is C26H27N5O2S. The third kappa shape index (κ3) is 5.96. The van der Waals surface area contributed by atoms with Gasteiger partial charge in [-0.2, -0.15) is 0 Å². The maximum atomic E-state index is 12.4. The summed E-state index contributed by atoms with van der Waals surface area (Å²) in [5.74, 6) is 2.09. The fourth-order valence-electron chi connectivity index (χ4n) is 3.49. The normalized spacial score (nSPS) is 10.6. The van der Waals surface area contributed by atoms with Crippen molar-refractivity contribution in [3.8, 4) is 11.4 Å². The smallest absolute Gasteiger partial charge is 0.225 e. The molecule has 0 fully saturated rings. The molecule has 0 atom stereocenters. The number of rotatable bonds is 10. The standard InChI is InChI=1S/C26H27N5O2S/c1-19-9-8-10-20(17-19)28-25(32)15-16-34-26-30-29-24(31(26)21-11-4-3-5-12-21)18-27-22-13-6-7-14-23(22)33-2/h3-14,17,27H,15-16,18H2,1-2H3,(H,28,32). The summed E-state index contributed by atoms with van der Waals surface area (Å²) < 4.78 is 7.45. The zero-order valence-corrected chi connectivity index (χ0v) is 20.0. The van der Waals surface area contributed by atoms with Gasteiger partial charge in [-0.1, -0.05) is 54.2 Å². The van der Waals surface area contributed by atoms with Crippen molar-refractivity contribution < 1.29 is 9.53 Å². The molecule has 0 radical (unpaired) electrons. The van der Waals surface area contributed by atoms with Crippen molar-refractivity contribution >= 4 is 29.0 Å². The fourth-order valence-corrected chi connectivity index (χ4v) is 4.40. The number of nitrogens with one attached hydrogen (secondary N) is 2. The molecule has 34 heavy (non-hydrogen) atoms. The maximum absolute atomic E-state index is 12.4. The van der Waals surface area contributed by atoms with Gasteiger partial charge in [-0.3, -0.25) is 9.36 Å². The molecule has 1 amide bonds. The first-order chi connectivity index (χ1) is 16.6. The first-order valence-electron chi connectivity index (χ1n) is 11.0. The van der Waals surface area contributed by atoms with E-state index >= 15 is 0 Å². The van der Waals surface area contributed by atoms with Gasteiger partial charge in [0.25, 0.3) is 0 Å². The summed E-state index contributed by atoms with van der Waals surface area (Å²) in [6.07, 6.45) is 0.370. The Morgan fingerprint density at radius 2 is 1.79 bits per heavy atom. The molecule has 8 heteroatoms. The van der Waals surface area contributed by atoms with Crippen LogP contribution in [-0.4, -0.2) is 33.5 Å². The molecule has 0 saturated heterocycles. The predicted molar refractivity (Wildman–Crippen MR) is 137 cm³/mol. The van der Waals surface area contributed by atoms with Gasteiger partial charge in [0.2, 0.25) is 5.91 Å². The molecule has 0 bridgehead atoms. The van der Waals surface area contributed by atoms with Crippen molar-refractivity contribution in [2.45, 2.75) is 25.0 Å². The topological polar surface area (TPSA) is 81.1 Å². The second-order valence-corrected chi connectivity index (χ2v) is 8.70. The molecule has 1 aromatic heterocycles. The van der Waals surface area contributed by atoms with E-state index in [0.717, 1.165) is 39.4 Å². The highest BCUT2D eigenvalue weighted by Gasteiger charge is 2.15. The first kappa shape index (κ1) is 23.4. The molecule has 174 valence electrons. The lowest BCUT2D eigenvalue weighted by Gasteiger charge is -2.13. The van der Waals surface area contributed by atoms with E-state index in [1.165, 1.54) is 11.8 Å². The van der Waals surface area contributed by atoms with E-state index < -0.39 is 0 Å². The third-order valence-corrected chi connectivity index (χ3v) is 6.05. The van der Waals surface area contributed by atoms with E-state index in [4.69, 9.17) is 4.74 Å². The number of carbonyl (C=O) groups is 1. The lowest BCUT2D eigenvalue weighted by atomic mass is 10.2. The van der Waals surface area contributed by atoms with Crippen LogP contribution < -0.4 is 15.4 Å². The molecule has 4 aromatic rings. The van der Waals surface area contributed by atoms with Crippen LogP contribution in [0, 0.1) is 6.92 Å². The van der Waals surface area contributed by atoms with Crippen molar-refractivity contribution in [3.63, 3.8) is 0 Å². The SMILES string of the molecule is COc1ccccc1NCc1nnc(SCCC(=O)Nc2cccc(C)c2)n1-c1ccccc1. The van der Waals surface area contributed by atoms with E-state index in [1.807, 2.05) is 90.4 Å². The van der Waals surface area contributed by atoms with Crippen molar-refractivity contribution in [2.24, 2.45) is 0 Å². The number of aryl methyl sites for hydroxylation is 1. The number of hydrogen-bond donors (Lipinski definition) is 2. The Balaban J connectivity index is 1.44. The minimum atomic E-state index is -0.0260. The van der Waals surface area contributed by atoms with E-state index in [-0.39, 0.29) is 5.91 Å². The average molecular weight is 474 g/mol. The second-order valence-electron chi connectivity index (χ2n) is 7.64. The molecule has 1 heterocycles. The third-order valence-electron chi connectivity index (χ3n) is 5.12. The van der Waals surface area contributed by atoms with Crippen molar-refractivity contribution in [1.82, 2.24) is 14.8 Å². The first-order valence-corrected chi connectivity index (χ1v) is 12.0. The zero-order valence-electron chi connectivity index (χ0n) is 19.2. The summed E-state index contributed by atoms with van der Waals surface area (Å²) >= 11 is 1.51. The van der Waals surface area contributed by atoms with Crippen LogP contribution in [0.4, 0.5) is 11.4 Å². The van der Waals surface area contributed by atoms with Gasteiger partial charge in [0, 0.05) is 23.5 Å². The zero-order chi connectivity index (χ0) is 23.8. The summed E-state index contributed by atoms with van der Waals surface area (Å²) in [5, 5.41) is 15.9. The van der Waals surface area contributed by atoms with E-state index in [0.29, 0.717) is 18.7 Å².